The molecule has 2 aliphatic carbocycles. The summed E-state index contributed by atoms with van der Waals surface area (Å²) in [7, 11) is 0. The van der Waals surface area contributed by atoms with Gasteiger partial charge in [-0.05, 0) is 25.3 Å². The van der Waals surface area contributed by atoms with Crippen LogP contribution in [-0.4, -0.2) is 24.3 Å². The van der Waals surface area contributed by atoms with Gasteiger partial charge in [0.25, 0.3) is 0 Å². The quantitative estimate of drug-likeness (QED) is 0.751. The topological polar surface area (TPSA) is 64.3 Å². The summed E-state index contributed by atoms with van der Waals surface area (Å²) in [6, 6.07) is -0.165. The van der Waals surface area contributed by atoms with Crippen LogP contribution >= 0.6 is 0 Å². The Balaban J connectivity index is 1.82. The molecule has 0 saturated heterocycles. The van der Waals surface area contributed by atoms with E-state index in [0.29, 0.717) is 0 Å². The number of alkyl carbamates (subject to hydrolysis) is 1. The second-order valence-electron chi connectivity index (χ2n) is 5.03. The molecule has 19 heavy (non-hydrogen) atoms. The third kappa shape index (κ3) is 4.56. The molecule has 0 heterocycles. The average molecular weight is 262 g/mol. The first kappa shape index (κ1) is 13.9. The number of nitrogens with one attached hydrogen (secondary N) is 1. The van der Waals surface area contributed by atoms with E-state index < -0.39 is 0 Å². The number of hydrogen-bond donors (Lipinski definition) is 2. The normalized spacial score (nSPS) is 32.2. The summed E-state index contributed by atoms with van der Waals surface area (Å²) in [5, 5.41) is 2.89. The van der Waals surface area contributed by atoms with Crippen LogP contribution in [0.5, 0.6) is 0 Å². The van der Waals surface area contributed by atoms with Gasteiger partial charge >= 0.3 is 6.09 Å². The maximum Gasteiger partial charge on any atom is 0.408 e. The van der Waals surface area contributed by atoms with Crippen LogP contribution in [-0.2, 0) is 4.74 Å². The lowest BCUT2D eigenvalue weighted by molar-refractivity contribution is 0.115. The number of amides is 1. The summed E-state index contributed by atoms with van der Waals surface area (Å²) in [5.41, 5.74) is 6.05. The van der Waals surface area contributed by atoms with Gasteiger partial charge in [0.1, 0.15) is 6.10 Å². The fraction of sp³-hybridized carbons (Fsp3) is 0.533. The van der Waals surface area contributed by atoms with Crippen LogP contribution in [0.15, 0.2) is 36.5 Å². The Bertz CT molecular complexity index is 388. The van der Waals surface area contributed by atoms with Crippen molar-refractivity contribution < 1.29 is 9.53 Å². The Morgan fingerprint density at radius 2 is 2.11 bits per heavy atom. The summed E-state index contributed by atoms with van der Waals surface area (Å²) in [4.78, 5) is 11.9. The molecule has 0 aromatic heterocycles. The summed E-state index contributed by atoms with van der Waals surface area (Å²) >= 11 is 0. The molecule has 3 atom stereocenters. The number of carbonyl (C=O) groups excluding carboxylic acids is 1. The van der Waals surface area contributed by atoms with Crippen molar-refractivity contribution >= 4 is 6.09 Å². The zero-order valence-corrected chi connectivity index (χ0v) is 11.1. The van der Waals surface area contributed by atoms with Crippen molar-refractivity contribution in [1.82, 2.24) is 5.32 Å². The van der Waals surface area contributed by atoms with E-state index in [2.05, 4.69) is 11.4 Å². The molecule has 1 amide bonds. The van der Waals surface area contributed by atoms with E-state index in [0.717, 1.165) is 32.1 Å². The van der Waals surface area contributed by atoms with E-state index in [1.807, 2.05) is 30.4 Å². The van der Waals surface area contributed by atoms with Crippen molar-refractivity contribution in [2.75, 3.05) is 0 Å². The number of rotatable bonds is 2. The highest BCUT2D eigenvalue weighted by Crippen LogP contribution is 2.13. The van der Waals surface area contributed by atoms with Gasteiger partial charge in [-0.25, -0.2) is 4.79 Å². The van der Waals surface area contributed by atoms with E-state index in [1.54, 1.807) is 0 Å². The van der Waals surface area contributed by atoms with Gasteiger partial charge in [-0.3, -0.25) is 0 Å². The minimum atomic E-state index is -0.376. The monoisotopic (exact) mass is 262 g/mol. The van der Waals surface area contributed by atoms with Gasteiger partial charge in [0, 0.05) is 12.5 Å². The predicted molar refractivity (Wildman–Crippen MR) is 75.7 cm³/mol. The molecule has 4 nitrogen and oxygen atoms in total. The molecule has 4 heteroatoms. The second kappa shape index (κ2) is 7.14. The van der Waals surface area contributed by atoms with Gasteiger partial charge in [0.05, 0.1) is 6.04 Å². The maximum atomic E-state index is 11.9. The summed E-state index contributed by atoms with van der Waals surface area (Å²) in [6.45, 7) is 0. The number of ether oxygens (including phenoxy) is 1. The molecule has 0 radical (unpaired) electrons. The molecule has 2 aliphatic rings. The van der Waals surface area contributed by atoms with Gasteiger partial charge in [0.2, 0.25) is 0 Å². The van der Waals surface area contributed by atoms with Crippen LogP contribution in [0.25, 0.3) is 0 Å². The fourth-order valence-electron chi connectivity index (χ4n) is 2.34. The largest absolute Gasteiger partial charge is 0.442 e. The van der Waals surface area contributed by atoms with Crippen LogP contribution < -0.4 is 11.1 Å². The number of carbonyl (C=O) groups is 1. The predicted octanol–water partition coefficient (Wildman–Crippen LogP) is 2.42. The van der Waals surface area contributed by atoms with Crippen molar-refractivity contribution in [2.45, 2.75) is 50.3 Å². The third-order valence-electron chi connectivity index (χ3n) is 3.46. The van der Waals surface area contributed by atoms with Crippen LogP contribution in [0.4, 0.5) is 4.79 Å². The van der Waals surface area contributed by atoms with Crippen LogP contribution in [0.1, 0.15) is 32.1 Å². The summed E-state index contributed by atoms with van der Waals surface area (Å²) < 4.78 is 5.35. The molecule has 2 rings (SSSR count). The van der Waals surface area contributed by atoms with Crippen molar-refractivity contribution in [3.63, 3.8) is 0 Å². The summed E-state index contributed by atoms with van der Waals surface area (Å²) in [5.74, 6) is 0. The van der Waals surface area contributed by atoms with Crippen molar-refractivity contribution in [1.29, 1.82) is 0 Å². The lowest BCUT2D eigenvalue weighted by atomic mass is 9.98. The highest BCUT2D eigenvalue weighted by atomic mass is 16.6. The Labute approximate surface area is 114 Å². The van der Waals surface area contributed by atoms with E-state index in [-0.39, 0.29) is 24.3 Å². The van der Waals surface area contributed by atoms with E-state index >= 15 is 0 Å². The molecule has 0 fully saturated rings. The molecule has 3 N–H and O–H groups in total. The highest BCUT2D eigenvalue weighted by molar-refractivity contribution is 5.68. The van der Waals surface area contributed by atoms with Crippen LogP contribution in [0.2, 0.25) is 0 Å². The molecule has 0 bridgehead atoms. The molecule has 3 unspecified atom stereocenters. The van der Waals surface area contributed by atoms with Crippen molar-refractivity contribution in [3.8, 4) is 0 Å². The maximum absolute atomic E-state index is 11.9. The number of nitrogens with two attached hydrogens (primary N) is 1. The fourth-order valence-corrected chi connectivity index (χ4v) is 2.34. The molecule has 0 aromatic carbocycles. The van der Waals surface area contributed by atoms with Crippen molar-refractivity contribution in [3.05, 3.63) is 36.5 Å². The van der Waals surface area contributed by atoms with E-state index in [1.165, 1.54) is 0 Å². The van der Waals surface area contributed by atoms with E-state index in [4.69, 9.17) is 10.5 Å². The number of hydrogen-bond acceptors (Lipinski definition) is 3. The minimum Gasteiger partial charge on any atom is -0.442 e. The average Bonchev–Trinajstić information content (AvgIpc) is 2.40. The third-order valence-corrected chi connectivity index (χ3v) is 3.46. The Morgan fingerprint density at radius 3 is 2.89 bits per heavy atom. The molecule has 104 valence electrons. The molecule has 0 aliphatic heterocycles. The smallest absolute Gasteiger partial charge is 0.408 e. The molecule has 0 spiro atoms. The lowest BCUT2D eigenvalue weighted by Gasteiger charge is -2.25. The SMILES string of the molecule is NC1/C=C/CCCCC1NC(=O)OC1C=CC=CC1. The standard InChI is InChI=1S/C15H22N2O2/c16-13-10-6-1-2-7-11-14(13)17-15(18)19-12-8-4-3-5-9-12/h3-6,8,10,12-14H,1-2,7,9,11,16H2,(H,17,18)/b10-6+. The molecular formula is C15H22N2O2. The Kier molecular flexibility index (Phi) is 5.21. The number of allylic oxidation sites excluding steroid dienone is 3. The van der Waals surface area contributed by atoms with Gasteiger partial charge in [-0.1, -0.05) is 36.8 Å². The van der Waals surface area contributed by atoms with Gasteiger partial charge in [-0.2, -0.15) is 0 Å². The van der Waals surface area contributed by atoms with Gasteiger partial charge in [0.15, 0.2) is 0 Å². The first-order valence-electron chi connectivity index (χ1n) is 6.98. The van der Waals surface area contributed by atoms with Gasteiger partial charge < -0.3 is 15.8 Å². The first-order chi connectivity index (χ1) is 9.25. The van der Waals surface area contributed by atoms with Crippen LogP contribution in [0, 0.1) is 0 Å². The molecule has 0 aromatic rings. The molecule has 0 saturated carbocycles. The second-order valence-corrected chi connectivity index (χ2v) is 5.03. The summed E-state index contributed by atoms with van der Waals surface area (Å²) in [6.07, 6.45) is 16.2. The van der Waals surface area contributed by atoms with E-state index in [9.17, 15) is 4.79 Å². The Hall–Kier alpha value is -1.55. The first-order valence-corrected chi connectivity index (χ1v) is 6.98. The Morgan fingerprint density at radius 1 is 1.21 bits per heavy atom. The molecular weight excluding hydrogens is 240 g/mol. The van der Waals surface area contributed by atoms with Crippen molar-refractivity contribution in [2.24, 2.45) is 5.73 Å². The zero-order valence-electron chi connectivity index (χ0n) is 11.1. The lowest BCUT2D eigenvalue weighted by Crippen LogP contribution is -2.47. The zero-order chi connectivity index (χ0) is 13.5. The highest BCUT2D eigenvalue weighted by Gasteiger charge is 2.21. The minimum absolute atomic E-state index is 0.0350. The van der Waals surface area contributed by atoms with Gasteiger partial charge in [-0.15, -0.1) is 0 Å². The van der Waals surface area contributed by atoms with Crippen LogP contribution in [0.3, 0.4) is 0 Å².